The Labute approximate surface area is 157 Å². The monoisotopic (exact) mass is 385 g/mol. The predicted molar refractivity (Wildman–Crippen MR) is 99.2 cm³/mol. The Bertz CT molecular complexity index is 598. The van der Waals surface area contributed by atoms with Crippen LogP contribution in [0.1, 0.15) is 36.3 Å². The molecule has 1 aromatic heterocycles. The van der Waals surface area contributed by atoms with Gasteiger partial charge in [-0.3, -0.25) is 14.4 Å². The van der Waals surface area contributed by atoms with E-state index in [9.17, 15) is 14.4 Å². The molecule has 0 unspecified atom stereocenters. The number of nitrogens with zero attached hydrogens (tertiary/aromatic N) is 2. The quantitative estimate of drug-likeness (QED) is 0.462. The van der Waals surface area contributed by atoms with E-state index in [1.165, 1.54) is 23.3 Å². The van der Waals surface area contributed by atoms with Gasteiger partial charge in [0.2, 0.25) is 11.8 Å². The Morgan fingerprint density at radius 2 is 1.88 bits per heavy atom. The second-order valence-corrected chi connectivity index (χ2v) is 7.00. The van der Waals surface area contributed by atoms with E-state index < -0.39 is 0 Å². The molecule has 0 aliphatic carbocycles. The third-order valence-electron chi connectivity index (χ3n) is 3.74. The number of hydrogen-bond acceptors (Lipinski definition) is 7. The van der Waals surface area contributed by atoms with Gasteiger partial charge in [-0.05, 0) is 26.7 Å². The maximum atomic E-state index is 12.4. The number of amides is 2. The van der Waals surface area contributed by atoms with Crippen LogP contribution in [0.5, 0.6) is 0 Å². The number of methoxy groups -OCH3 is 2. The molecule has 0 fully saturated rings. The molecule has 0 saturated heterocycles. The average Bonchev–Trinajstić information content (AvgIpc) is 2.91. The maximum absolute atomic E-state index is 12.4. The molecule has 1 aromatic rings. The minimum atomic E-state index is -0.351. The molecule has 8 nitrogen and oxygen atoms in total. The van der Waals surface area contributed by atoms with Crippen molar-refractivity contribution in [2.45, 2.75) is 39.5 Å². The molecule has 0 saturated carbocycles. The van der Waals surface area contributed by atoms with Crippen LogP contribution in [0.15, 0.2) is 0 Å². The molecule has 0 aromatic carbocycles. The molecule has 0 aliphatic heterocycles. The molecule has 0 spiro atoms. The maximum Gasteiger partial charge on any atom is 0.305 e. The Kier molecular flexibility index (Phi) is 9.82. The smallest absolute Gasteiger partial charge is 0.305 e. The van der Waals surface area contributed by atoms with Crippen molar-refractivity contribution in [3.05, 3.63) is 10.6 Å². The van der Waals surface area contributed by atoms with E-state index in [4.69, 9.17) is 4.74 Å². The lowest BCUT2D eigenvalue weighted by molar-refractivity contribution is -0.141. The molecule has 1 N–H and O–H groups in total. The van der Waals surface area contributed by atoms with Gasteiger partial charge < -0.3 is 19.7 Å². The number of nitrogens with one attached hydrogen (secondary N) is 1. The number of hydrogen-bond donors (Lipinski definition) is 1. The second kappa shape index (κ2) is 11.6. The first-order valence-electron chi connectivity index (χ1n) is 8.44. The number of carbonyl (C=O) groups excluding carboxylic acids is 3. The summed E-state index contributed by atoms with van der Waals surface area (Å²) in [5, 5.41) is 3.26. The number of anilines is 1. The van der Waals surface area contributed by atoms with Gasteiger partial charge in [-0.2, -0.15) is 0 Å². The van der Waals surface area contributed by atoms with Crippen molar-refractivity contribution in [1.29, 1.82) is 0 Å². The fourth-order valence-electron chi connectivity index (χ4n) is 2.19. The van der Waals surface area contributed by atoms with E-state index >= 15 is 0 Å². The third-order valence-corrected chi connectivity index (χ3v) is 4.73. The van der Waals surface area contributed by atoms with E-state index in [0.29, 0.717) is 31.1 Å². The summed E-state index contributed by atoms with van der Waals surface area (Å²) < 4.78 is 9.57. The molecule has 0 radical (unpaired) electrons. The molecule has 9 heteroatoms. The standard InChI is InChI=1S/C17H27N3O5S/c1-12-13(2)26-17(18-12)19-14(21)11-20(9-6-10-24-3)15(22)7-5-8-16(23)25-4/h5-11H2,1-4H3,(H,18,19,21). The first kappa shape index (κ1) is 22.0. The first-order valence-corrected chi connectivity index (χ1v) is 9.26. The summed E-state index contributed by atoms with van der Waals surface area (Å²) >= 11 is 1.40. The van der Waals surface area contributed by atoms with Crippen molar-refractivity contribution in [2.75, 3.05) is 39.2 Å². The predicted octanol–water partition coefficient (Wildman–Crippen LogP) is 1.91. The van der Waals surface area contributed by atoms with Crippen molar-refractivity contribution < 1.29 is 23.9 Å². The molecule has 146 valence electrons. The number of aryl methyl sites for hydroxylation is 2. The molecular weight excluding hydrogens is 358 g/mol. The fraction of sp³-hybridized carbons (Fsp3) is 0.647. The van der Waals surface area contributed by atoms with Gasteiger partial charge in [-0.1, -0.05) is 0 Å². The van der Waals surface area contributed by atoms with Crippen LogP contribution < -0.4 is 5.32 Å². The summed E-state index contributed by atoms with van der Waals surface area (Å²) in [6.07, 6.45) is 1.38. The summed E-state index contributed by atoms with van der Waals surface area (Å²) in [6, 6.07) is 0. The molecule has 1 heterocycles. The molecule has 2 amide bonds. The van der Waals surface area contributed by atoms with Gasteiger partial charge in [-0.15, -0.1) is 11.3 Å². The highest BCUT2D eigenvalue weighted by Crippen LogP contribution is 2.21. The van der Waals surface area contributed by atoms with Crippen LogP contribution >= 0.6 is 11.3 Å². The van der Waals surface area contributed by atoms with E-state index in [0.717, 1.165) is 10.6 Å². The van der Waals surface area contributed by atoms with Gasteiger partial charge in [0.1, 0.15) is 0 Å². The zero-order valence-corrected chi connectivity index (χ0v) is 16.6. The number of ether oxygens (including phenoxy) is 2. The molecular formula is C17H27N3O5S. The van der Waals surface area contributed by atoms with Crippen LogP contribution in [0.2, 0.25) is 0 Å². The van der Waals surface area contributed by atoms with Crippen molar-refractivity contribution >= 4 is 34.3 Å². The van der Waals surface area contributed by atoms with E-state index in [2.05, 4.69) is 15.0 Å². The third kappa shape index (κ3) is 7.92. The molecule has 0 aliphatic rings. The summed E-state index contributed by atoms with van der Waals surface area (Å²) in [5.41, 5.74) is 0.876. The van der Waals surface area contributed by atoms with Gasteiger partial charge in [-0.25, -0.2) is 4.98 Å². The number of aromatic nitrogens is 1. The summed E-state index contributed by atoms with van der Waals surface area (Å²) in [6.45, 7) is 4.67. The van der Waals surface area contributed by atoms with Crippen LogP contribution in [0.4, 0.5) is 5.13 Å². The summed E-state index contributed by atoms with van der Waals surface area (Å²) in [5.74, 6) is -0.819. The molecule has 1 rings (SSSR count). The average molecular weight is 385 g/mol. The Morgan fingerprint density at radius 1 is 1.15 bits per heavy atom. The van der Waals surface area contributed by atoms with Gasteiger partial charge >= 0.3 is 5.97 Å². The van der Waals surface area contributed by atoms with Gasteiger partial charge in [0.15, 0.2) is 5.13 Å². The number of esters is 1. The topological polar surface area (TPSA) is 97.8 Å². The molecule has 0 atom stereocenters. The SMILES string of the molecule is COCCCN(CC(=O)Nc1nc(C)c(C)s1)C(=O)CCCC(=O)OC. The lowest BCUT2D eigenvalue weighted by Gasteiger charge is -2.22. The van der Waals surface area contributed by atoms with Crippen molar-refractivity contribution in [3.63, 3.8) is 0 Å². The Balaban J connectivity index is 2.58. The fourth-order valence-corrected chi connectivity index (χ4v) is 3.02. The number of rotatable bonds is 11. The first-order chi connectivity index (χ1) is 12.4. The van der Waals surface area contributed by atoms with Crippen LogP contribution in [0.3, 0.4) is 0 Å². The van der Waals surface area contributed by atoms with E-state index in [1.54, 1.807) is 7.11 Å². The largest absolute Gasteiger partial charge is 0.469 e. The second-order valence-electron chi connectivity index (χ2n) is 5.80. The lowest BCUT2D eigenvalue weighted by atomic mass is 10.2. The van der Waals surface area contributed by atoms with Crippen molar-refractivity contribution in [3.8, 4) is 0 Å². The minimum absolute atomic E-state index is 0.0571. The summed E-state index contributed by atoms with van der Waals surface area (Å²) in [7, 11) is 2.90. The molecule has 26 heavy (non-hydrogen) atoms. The highest BCUT2D eigenvalue weighted by Gasteiger charge is 2.18. The van der Waals surface area contributed by atoms with Gasteiger partial charge in [0.25, 0.3) is 0 Å². The van der Waals surface area contributed by atoms with Crippen LogP contribution in [0, 0.1) is 13.8 Å². The van der Waals surface area contributed by atoms with Crippen molar-refractivity contribution in [2.24, 2.45) is 0 Å². The number of carbonyl (C=O) groups is 3. The zero-order valence-electron chi connectivity index (χ0n) is 15.8. The Morgan fingerprint density at radius 3 is 2.46 bits per heavy atom. The van der Waals surface area contributed by atoms with Crippen molar-refractivity contribution in [1.82, 2.24) is 9.88 Å². The van der Waals surface area contributed by atoms with E-state index in [1.807, 2.05) is 13.8 Å². The van der Waals surface area contributed by atoms with Crippen LogP contribution in [-0.2, 0) is 23.9 Å². The van der Waals surface area contributed by atoms with Gasteiger partial charge in [0.05, 0.1) is 19.3 Å². The normalized spacial score (nSPS) is 10.5. The zero-order chi connectivity index (χ0) is 19.5. The highest BCUT2D eigenvalue weighted by atomic mass is 32.1. The summed E-state index contributed by atoms with van der Waals surface area (Å²) in [4.78, 5) is 42.6. The number of thiazole rings is 1. The minimum Gasteiger partial charge on any atom is -0.469 e. The van der Waals surface area contributed by atoms with E-state index in [-0.39, 0.29) is 37.2 Å². The van der Waals surface area contributed by atoms with Crippen LogP contribution in [0.25, 0.3) is 0 Å². The Hall–Kier alpha value is -2.00. The lowest BCUT2D eigenvalue weighted by Crippen LogP contribution is -2.39. The molecule has 0 bridgehead atoms. The van der Waals surface area contributed by atoms with Gasteiger partial charge in [0, 0.05) is 38.0 Å². The highest BCUT2D eigenvalue weighted by molar-refractivity contribution is 7.15. The van der Waals surface area contributed by atoms with Crippen LogP contribution in [-0.4, -0.2) is 61.6 Å².